The molecule has 0 saturated carbocycles. The lowest BCUT2D eigenvalue weighted by molar-refractivity contribution is 0.518. The van der Waals surface area contributed by atoms with Crippen molar-refractivity contribution in [1.29, 1.82) is 0 Å². The van der Waals surface area contributed by atoms with E-state index in [0.717, 1.165) is 10.9 Å². The Kier molecular flexibility index (Phi) is 4.44. The van der Waals surface area contributed by atoms with Crippen LogP contribution in [-0.4, -0.2) is 22.6 Å². The van der Waals surface area contributed by atoms with Crippen molar-refractivity contribution < 1.29 is 12.8 Å². The fourth-order valence-corrected chi connectivity index (χ4v) is 4.82. The molecule has 0 N–H and O–H groups in total. The molecule has 0 aliphatic heterocycles. The summed E-state index contributed by atoms with van der Waals surface area (Å²) < 4.78 is 33.6. The third-order valence-electron chi connectivity index (χ3n) is 4.87. The number of para-hydroxylation sites is 1. The van der Waals surface area contributed by atoms with Crippen LogP contribution in [0.15, 0.2) is 100 Å². The first-order valence-corrected chi connectivity index (χ1v) is 10.8. The maximum Gasteiger partial charge on any atom is 0.268 e. The molecule has 0 amide bonds. The molecule has 0 aliphatic rings. The quantitative estimate of drug-likeness (QED) is 0.422. The second kappa shape index (κ2) is 7.27. The van der Waals surface area contributed by atoms with Crippen molar-refractivity contribution in [3.63, 3.8) is 0 Å². The Bertz CT molecular complexity index is 1420. The van der Waals surface area contributed by atoms with Gasteiger partial charge >= 0.3 is 0 Å². The topological polar surface area (TPSA) is 78.0 Å². The van der Waals surface area contributed by atoms with Crippen LogP contribution in [0, 0.1) is 0 Å². The molecule has 0 saturated heterocycles. The molecule has 6 nitrogen and oxygen atoms in total. The van der Waals surface area contributed by atoms with Gasteiger partial charge in [0.05, 0.1) is 22.4 Å². The summed E-state index contributed by atoms with van der Waals surface area (Å²) in [5.74, 6) is 0.762. The summed E-state index contributed by atoms with van der Waals surface area (Å²) in [4.78, 5) is 0.215. The predicted molar refractivity (Wildman–Crippen MR) is 114 cm³/mol. The lowest BCUT2D eigenvalue weighted by Gasteiger charge is -2.07. The molecule has 0 atom stereocenters. The Balaban J connectivity index is 1.60. The van der Waals surface area contributed by atoms with Crippen molar-refractivity contribution in [1.82, 2.24) is 14.2 Å². The van der Waals surface area contributed by atoms with E-state index in [2.05, 4.69) is 10.2 Å². The van der Waals surface area contributed by atoms with Crippen LogP contribution in [0.1, 0.15) is 11.5 Å². The first-order chi connectivity index (χ1) is 14.6. The van der Waals surface area contributed by atoms with Crippen LogP contribution < -0.4 is 0 Å². The number of nitrogens with zero attached hydrogens (tertiary/aromatic N) is 3. The van der Waals surface area contributed by atoms with Crippen LogP contribution in [0.5, 0.6) is 0 Å². The molecule has 148 valence electrons. The largest absolute Gasteiger partial charge is 0.420 e. The molecule has 0 aliphatic carbocycles. The molecule has 5 aromatic rings. The van der Waals surface area contributed by atoms with Crippen molar-refractivity contribution in [3.05, 3.63) is 103 Å². The van der Waals surface area contributed by atoms with E-state index in [1.165, 1.54) is 3.97 Å². The minimum absolute atomic E-state index is 0.215. The van der Waals surface area contributed by atoms with Crippen molar-refractivity contribution >= 4 is 20.9 Å². The van der Waals surface area contributed by atoms with Gasteiger partial charge in [-0.05, 0) is 23.8 Å². The predicted octanol–water partition coefficient (Wildman–Crippen LogP) is 4.52. The van der Waals surface area contributed by atoms with Crippen LogP contribution in [0.4, 0.5) is 0 Å². The standard InChI is InChI=1S/C23H17N3O3S/c27-30(28,18-11-5-2-6-12-18)26-16-20(19-13-7-8-14-21(19)26)23-25-24-22(29-23)15-17-9-3-1-4-10-17/h1-14,16H,15H2. The van der Waals surface area contributed by atoms with Gasteiger partial charge in [0, 0.05) is 11.6 Å². The summed E-state index contributed by atoms with van der Waals surface area (Å²) in [7, 11) is -3.77. The van der Waals surface area contributed by atoms with Gasteiger partial charge in [0.25, 0.3) is 10.0 Å². The van der Waals surface area contributed by atoms with E-state index in [1.54, 1.807) is 48.7 Å². The summed E-state index contributed by atoms with van der Waals surface area (Å²) in [6.45, 7) is 0. The molecule has 2 heterocycles. The van der Waals surface area contributed by atoms with Crippen molar-refractivity contribution in [3.8, 4) is 11.5 Å². The van der Waals surface area contributed by atoms with Gasteiger partial charge < -0.3 is 4.42 Å². The third kappa shape index (κ3) is 3.19. The highest BCUT2D eigenvalue weighted by atomic mass is 32.2. The van der Waals surface area contributed by atoms with E-state index in [1.807, 2.05) is 42.5 Å². The molecule has 0 bridgehead atoms. The van der Waals surface area contributed by atoms with E-state index in [9.17, 15) is 8.42 Å². The summed E-state index contributed by atoms with van der Waals surface area (Å²) in [5.41, 5.74) is 2.19. The van der Waals surface area contributed by atoms with Gasteiger partial charge in [0.15, 0.2) is 0 Å². The number of hydrogen-bond acceptors (Lipinski definition) is 5. The van der Waals surface area contributed by atoms with Gasteiger partial charge in [0.1, 0.15) is 0 Å². The van der Waals surface area contributed by atoms with Crippen LogP contribution in [0.3, 0.4) is 0 Å². The molecule has 0 fully saturated rings. The van der Waals surface area contributed by atoms with Crippen LogP contribution in [0.25, 0.3) is 22.4 Å². The van der Waals surface area contributed by atoms with Crippen molar-refractivity contribution in [2.75, 3.05) is 0 Å². The zero-order valence-corrected chi connectivity index (χ0v) is 16.7. The van der Waals surface area contributed by atoms with Gasteiger partial charge in [-0.15, -0.1) is 10.2 Å². The zero-order chi connectivity index (χ0) is 20.6. The van der Waals surface area contributed by atoms with Gasteiger partial charge in [0.2, 0.25) is 11.8 Å². The molecule has 5 rings (SSSR count). The Morgan fingerprint density at radius 1 is 0.800 bits per heavy atom. The summed E-state index contributed by atoms with van der Waals surface area (Å²) >= 11 is 0. The molecular formula is C23H17N3O3S. The second-order valence-corrected chi connectivity index (χ2v) is 8.65. The van der Waals surface area contributed by atoms with E-state index in [0.29, 0.717) is 29.3 Å². The molecule has 3 aromatic carbocycles. The maximum atomic E-state index is 13.2. The lowest BCUT2D eigenvalue weighted by Crippen LogP contribution is -2.11. The van der Waals surface area contributed by atoms with Gasteiger partial charge in [-0.2, -0.15) is 0 Å². The molecular weight excluding hydrogens is 398 g/mol. The molecule has 0 radical (unpaired) electrons. The average Bonchev–Trinajstić information content (AvgIpc) is 3.40. The lowest BCUT2D eigenvalue weighted by atomic mass is 10.1. The highest BCUT2D eigenvalue weighted by Crippen LogP contribution is 2.32. The monoisotopic (exact) mass is 415 g/mol. The average molecular weight is 415 g/mol. The number of rotatable bonds is 5. The highest BCUT2D eigenvalue weighted by Gasteiger charge is 2.23. The fraction of sp³-hybridized carbons (Fsp3) is 0.0435. The number of fused-ring (bicyclic) bond motifs is 1. The first kappa shape index (κ1) is 18.3. The molecule has 30 heavy (non-hydrogen) atoms. The molecule has 7 heteroatoms. The SMILES string of the molecule is O=S(=O)(c1ccccc1)n1cc(-c2nnc(Cc3ccccc3)o2)c2ccccc21. The highest BCUT2D eigenvalue weighted by molar-refractivity contribution is 7.90. The van der Waals surface area contributed by atoms with E-state index in [4.69, 9.17) is 4.42 Å². The van der Waals surface area contributed by atoms with Gasteiger partial charge in [-0.25, -0.2) is 12.4 Å². The number of aromatic nitrogens is 3. The molecule has 0 spiro atoms. The first-order valence-electron chi connectivity index (χ1n) is 9.40. The Morgan fingerprint density at radius 3 is 2.23 bits per heavy atom. The number of benzene rings is 3. The Hall–Kier alpha value is -3.71. The van der Waals surface area contributed by atoms with Crippen LogP contribution >= 0.6 is 0 Å². The van der Waals surface area contributed by atoms with E-state index < -0.39 is 10.0 Å². The molecule has 2 aromatic heterocycles. The normalized spacial score (nSPS) is 11.7. The third-order valence-corrected chi connectivity index (χ3v) is 6.56. The Morgan fingerprint density at radius 2 is 1.47 bits per heavy atom. The molecule has 0 unspecified atom stereocenters. The Labute approximate surface area is 173 Å². The van der Waals surface area contributed by atoms with Crippen molar-refractivity contribution in [2.45, 2.75) is 11.3 Å². The van der Waals surface area contributed by atoms with Gasteiger partial charge in [-0.1, -0.05) is 66.7 Å². The van der Waals surface area contributed by atoms with E-state index in [-0.39, 0.29) is 4.90 Å². The number of hydrogen-bond donors (Lipinski definition) is 0. The van der Waals surface area contributed by atoms with Crippen molar-refractivity contribution in [2.24, 2.45) is 0 Å². The minimum atomic E-state index is -3.77. The fourth-order valence-electron chi connectivity index (χ4n) is 3.43. The van der Waals surface area contributed by atoms with Crippen LogP contribution in [0.2, 0.25) is 0 Å². The minimum Gasteiger partial charge on any atom is -0.420 e. The summed E-state index contributed by atoms with van der Waals surface area (Å²) in [5, 5.41) is 9.05. The maximum absolute atomic E-state index is 13.2. The summed E-state index contributed by atoms with van der Waals surface area (Å²) in [6, 6.07) is 25.4. The smallest absolute Gasteiger partial charge is 0.268 e. The van der Waals surface area contributed by atoms with Gasteiger partial charge in [-0.3, -0.25) is 0 Å². The second-order valence-electron chi connectivity index (χ2n) is 6.84. The summed E-state index contributed by atoms with van der Waals surface area (Å²) in [6.07, 6.45) is 2.06. The zero-order valence-electron chi connectivity index (χ0n) is 15.8. The van der Waals surface area contributed by atoms with E-state index >= 15 is 0 Å². The van der Waals surface area contributed by atoms with Crippen LogP contribution in [-0.2, 0) is 16.4 Å².